The fourth-order valence-corrected chi connectivity index (χ4v) is 2.12. The van der Waals surface area contributed by atoms with Crippen LogP contribution < -0.4 is 5.14 Å². The van der Waals surface area contributed by atoms with E-state index in [9.17, 15) is 21.6 Å². The van der Waals surface area contributed by atoms with Gasteiger partial charge < -0.3 is 0 Å². The second-order valence-corrected chi connectivity index (χ2v) is 5.09. The highest BCUT2D eigenvalue weighted by atomic mass is 32.2. The number of hydrogen-bond acceptors (Lipinski definition) is 4. The molecule has 0 spiro atoms. The SMILES string of the molecule is Cn1c(-c2ccc(F)c(F)c2F)nnc1S(N)(=O)=O. The molecule has 0 saturated heterocycles. The average Bonchev–Trinajstić information content (AvgIpc) is 2.68. The minimum Gasteiger partial charge on any atom is -0.300 e. The molecule has 0 bridgehead atoms. The maximum atomic E-state index is 13.6. The monoisotopic (exact) mass is 292 g/mol. The highest BCUT2D eigenvalue weighted by Gasteiger charge is 2.23. The van der Waals surface area contributed by atoms with Crippen LogP contribution in [0, 0.1) is 17.5 Å². The summed E-state index contributed by atoms with van der Waals surface area (Å²) in [6.45, 7) is 0. The molecule has 6 nitrogen and oxygen atoms in total. The first-order valence-electron chi connectivity index (χ1n) is 4.79. The summed E-state index contributed by atoms with van der Waals surface area (Å²) < 4.78 is 62.6. The molecule has 0 atom stereocenters. The van der Waals surface area contributed by atoms with Crippen LogP contribution in [0.3, 0.4) is 0 Å². The van der Waals surface area contributed by atoms with Crippen LogP contribution in [0.1, 0.15) is 0 Å². The molecule has 2 N–H and O–H groups in total. The van der Waals surface area contributed by atoms with Gasteiger partial charge in [0.15, 0.2) is 23.3 Å². The lowest BCUT2D eigenvalue weighted by atomic mass is 10.2. The Morgan fingerprint density at radius 1 is 1.16 bits per heavy atom. The van der Waals surface area contributed by atoms with E-state index < -0.39 is 38.2 Å². The lowest BCUT2D eigenvalue weighted by molar-refractivity contribution is 0.448. The summed E-state index contributed by atoms with van der Waals surface area (Å²) >= 11 is 0. The molecule has 102 valence electrons. The molecule has 1 heterocycles. The third kappa shape index (κ3) is 2.19. The molecular formula is C9H7F3N4O2S. The molecule has 0 radical (unpaired) electrons. The van der Waals surface area contributed by atoms with Gasteiger partial charge in [-0.2, -0.15) is 0 Å². The second kappa shape index (κ2) is 4.31. The van der Waals surface area contributed by atoms with E-state index in [1.54, 1.807) is 0 Å². The fraction of sp³-hybridized carbons (Fsp3) is 0.111. The van der Waals surface area contributed by atoms with Crippen molar-refractivity contribution in [3.05, 3.63) is 29.6 Å². The number of rotatable bonds is 2. The molecule has 0 saturated carbocycles. The molecule has 0 fully saturated rings. The first-order valence-corrected chi connectivity index (χ1v) is 6.34. The van der Waals surface area contributed by atoms with Crippen LogP contribution in [0.4, 0.5) is 13.2 Å². The highest BCUT2D eigenvalue weighted by Crippen LogP contribution is 2.25. The molecule has 2 aromatic rings. The summed E-state index contributed by atoms with van der Waals surface area (Å²) in [5.74, 6) is -4.83. The molecule has 0 amide bonds. The number of halogens is 3. The normalized spacial score (nSPS) is 11.8. The van der Waals surface area contributed by atoms with Gasteiger partial charge >= 0.3 is 0 Å². The van der Waals surface area contributed by atoms with Crippen LogP contribution in [0.25, 0.3) is 11.4 Å². The van der Waals surface area contributed by atoms with Crippen LogP contribution >= 0.6 is 0 Å². The molecule has 0 unspecified atom stereocenters. The van der Waals surface area contributed by atoms with Crippen LogP contribution in [-0.4, -0.2) is 23.2 Å². The van der Waals surface area contributed by atoms with E-state index in [0.29, 0.717) is 6.07 Å². The third-order valence-corrected chi connectivity index (χ3v) is 3.23. The van der Waals surface area contributed by atoms with Crippen molar-refractivity contribution in [2.24, 2.45) is 12.2 Å². The van der Waals surface area contributed by atoms with Crippen molar-refractivity contribution in [1.82, 2.24) is 14.8 Å². The van der Waals surface area contributed by atoms with E-state index in [4.69, 9.17) is 5.14 Å². The Labute approximate surface area is 105 Å². The summed E-state index contributed by atoms with van der Waals surface area (Å²) in [6, 6.07) is 1.61. The standard InChI is InChI=1S/C9H7F3N4O2S/c1-16-8(14-15-9(16)19(13,17)18)4-2-3-5(10)7(12)6(4)11/h2-3H,1H3,(H2,13,17,18). The van der Waals surface area contributed by atoms with Crippen molar-refractivity contribution in [3.63, 3.8) is 0 Å². The molecule has 2 rings (SSSR count). The first kappa shape index (κ1) is 13.5. The van der Waals surface area contributed by atoms with Crippen LogP contribution in [-0.2, 0) is 17.1 Å². The van der Waals surface area contributed by atoms with Crippen molar-refractivity contribution in [2.75, 3.05) is 0 Å². The minimum absolute atomic E-state index is 0.291. The van der Waals surface area contributed by atoms with E-state index in [2.05, 4.69) is 10.2 Å². The second-order valence-electron chi connectivity index (χ2n) is 3.63. The Morgan fingerprint density at radius 2 is 1.79 bits per heavy atom. The number of nitrogens with zero attached hydrogens (tertiary/aromatic N) is 3. The summed E-state index contributed by atoms with van der Waals surface area (Å²) in [4.78, 5) is 0. The van der Waals surface area contributed by atoms with Crippen molar-refractivity contribution < 1.29 is 21.6 Å². The van der Waals surface area contributed by atoms with Gasteiger partial charge in [-0.15, -0.1) is 10.2 Å². The average molecular weight is 292 g/mol. The van der Waals surface area contributed by atoms with E-state index in [1.807, 2.05) is 0 Å². The largest absolute Gasteiger partial charge is 0.300 e. The third-order valence-electron chi connectivity index (χ3n) is 2.37. The van der Waals surface area contributed by atoms with Gasteiger partial charge in [0.1, 0.15) is 0 Å². The minimum atomic E-state index is -4.15. The van der Waals surface area contributed by atoms with E-state index in [1.165, 1.54) is 7.05 Å². The highest BCUT2D eigenvalue weighted by molar-refractivity contribution is 7.89. The van der Waals surface area contributed by atoms with Gasteiger partial charge in [-0.3, -0.25) is 4.57 Å². The smallest absolute Gasteiger partial charge is 0.273 e. The van der Waals surface area contributed by atoms with Gasteiger partial charge in [0.05, 0.1) is 5.56 Å². The zero-order valence-corrected chi connectivity index (χ0v) is 10.2. The van der Waals surface area contributed by atoms with E-state index in [0.717, 1.165) is 10.6 Å². The van der Waals surface area contributed by atoms with E-state index in [-0.39, 0.29) is 5.82 Å². The summed E-state index contributed by atoms with van der Waals surface area (Å²) in [5.41, 5.74) is -0.427. The predicted molar refractivity (Wildman–Crippen MR) is 57.7 cm³/mol. The van der Waals surface area contributed by atoms with Gasteiger partial charge in [-0.05, 0) is 12.1 Å². The fourth-order valence-electron chi connectivity index (χ4n) is 1.50. The zero-order chi connectivity index (χ0) is 14.4. The Kier molecular flexibility index (Phi) is 3.06. The lowest BCUT2D eigenvalue weighted by Crippen LogP contribution is -2.17. The molecule has 0 aliphatic heterocycles. The van der Waals surface area contributed by atoms with Gasteiger partial charge in [-0.1, -0.05) is 0 Å². The van der Waals surface area contributed by atoms with Gasteiger partial charge in [0, 0.05) is 7.05 Å². The molecule has 19 heavy (non-hydrogen) atoms. The number of sulfonamides is 1. The number of aromatic nitrogens is 3. The van der Waals surface area contributed by atoms with Crippen LogP contribution in [0.2, 0.25) is 0 Å². The Morgan fingerprint density at radius 3 is 2.32 bits per heavy atom. The van der Waals surface area contributed by atoms with Crippen molar-refractivity contribution in [3.8, 4) is 11.4 Å². The van der Waals surface area contributed by atoms with Crippen LogP contribution in [0.5, 0.6) is 0 Å². The molecule has 1 aromatic heterocycles. The quantitative estimate of drug-likeness (QED) is 0.818. The number of primary sulfonamides is 1. The Balaban J connectivity index is 2.68. The number of hydrogen-bond donors (Lipinski definition) is 1. The number of benzene rings is 1. The summed E-state index contributed by atoms with van der Waals surface area (Å²) in [7, 11) is -2.95. The molecular weight excluding hydrogens is 285 g/mol. The topological polar surface area (TPSA) is 90.9 Å². The van der Waals surface area contributed by atoms with E-state index >= 15 is 0 Å². The van der Waals surface area contributed by atoms with Crippen molar-refractivity contribution in [2.45, 2.75) is 5.16 Å². The maximum Gasteiger partial charge on any atom is 0.273 e. The van der Waals surface area contributed by atoms with Gasteiger partial charge in [0.2, 0.25) is 0 Å². The lowest BCUT2D eigenvalue weighted by Gasteiger charge is -2.04. The van der Waals surface area contributed by atoms with Crippen molar-refractivity contribution in [1.29, 1.82) is 0 Å². The Hall–Kier alpha value is -1.94. The molecule has 1 aromatic carbocycles. The van der Waals surface area contributed by atoms with Gasteiger partial charge in [-0.25, -0.2) is 26.7 Å². The molecule has 10 heteroatoms. The zero-order valence-electron chi connectivity index (χ0n) is 9.43. The predicted octanol–water partition coefficient (Wildman–Crippen LogP) is 0.547. The van der Waals surface area contributed by atoms with Crippen LogP contribution in [0.15, 0.2) is 17.3 Å². The van der Waals surface area contributed by atoms with Crippen molar-refractivity contribution >= 4 is 10.0 Å². The molecule has 0 aliphatic carbocycles. The summed E-state index contributed by atoms with van der Waals surface area (Å²) in [5, 5.41) is 10.9. The molecule has 0 aliphatic rings. The first-order chi connectivity index (χ1) is 8.73. The maximum absolute atomic E-state index is 13.6. The number of nitrogens with two attached hydrogens (primary N) is 1. The summed E-state index contributed by atoms with van der Waals surface area (Å²) in [6.07, 6.45) is 0. The Bertz CT molecular complexity index is 757. The van der Waals surface area contributed by atoms with Gasteiger partial charge in [0.25, 0.3) is 15.2 Å².